The molecule has 0 bridgehead atoms. The zero-order valence-electron chi connectivity index (χ0n) is 12.9. The molecule has 7 heteroatoms. The third kappa shape index (κ3) is 5.18. The Morgan fingerprint density at radius 3 is 2.67 bits per heavy atom. The van der Waals surface area contributed by atoms with Gasteiger partial charge in [-0.2, -0.15) is 0 Å². The number of nitrogens with one attached hydrogen (secondary N) is 1. The SMILES string of the molecule is Cc1ccc(Cl)cc1NC(=O)CS(=O)Cc1cccc(C(=O)O)c1. The summed E-state index contributed by atoms with van der Waals surface area (Å²) < 4.78 is 12.1. The molecular weight excluding hydrogens is 350 g/mol. The van der Waals surface area contributed by atoms with Gasteiger partial charge in [0.2, 0.25) is 5.91 Å². The lowest BCUT2D eigenvalue weighted by atomic mass is 10.1. The first-order chi connectivity index (χ1) is 11.3. The van der Waals surface area contributed by atoms with Crippen LogP contribution in [0.15, 0.2) is 42.5 Å². The highest BCUT2D eigenvalue weighted by Gasteiger charge is 2.12. The van der Waals surface area contributed by atoms with Crippen molar-refractivity contribution in [3.8, 4) is 0 Å². The lowest BCUT2D eigenvalue weighted by Crippen LogP contribution is -2.20. The topological polar surface area (TPSA) is 83.5 Å². The minimum atomic E-state index is -1.45. The first kappa shape index (κ1) is 18.2. The van der Waals surface area contributed by atoms with E-state index in [0.29, 0.717) is 16.3 Å². The van der Waals surface area contributed by atoms with E-state index in [1.54, 1.807) is 30.3 Å². The van der Waals surface area contributed by atoms with Crippen LogP contribution in [0.1, 0.15) is 21.5 Å². The number of hydrogen-bond donors (Lipinski definition) is 2. The first-order valence-electron chi connectivity index (χ1n) is 7.08. The van der Waals surface area contributed by atoms with Crippen molar-refractivity contribution < 1.29 is 18.9 Å². The monoisotopic (exact) mass is 365 g/mol. The van der Waals surface area contributed by atoms with Gasteiger partial charge in [0.15, 0.2) is 0 Å². The Labute approximate surface area is 147 Å². The number of aryl methyl sites for hydroxylation is 1. The molecule has 0 heterocycles. The summed E-state index contributed by atoms with van der Waals surface area (Å²) in [6, 6.07) is 11.3. The van der Waals surface area contributed by atoms with E-state index >= 15 is 0 Å². The van der Waals surface area contributed by atoms with Crippen molar-refractivity contribution in [2.75, 3.05) is 11.1 Å². The van der Waals surface area contributed by atoms with Crippen molar-refractivity contribution in [1.82, 2.24) is 0 Å². The highest BCUT2D eigenvalue weighted by Crippen LogP contribution is 2.20. The minimum absolute atomic E-state index is 0.114. The molecule has 2 aromatic rings. The predicted molar refractivity (Wildman–Crippen MR) is 94.9 cm³/mol. The van der Waals surface area contributed by atoms with E-state index in [-0.39, 0.29) is 23.0 Å². The van der Waals surface area contributed by atoms with E-state index in [0.717, 1.165) is 5.56 Å². The smallest absolute Gasteiger partial charge is 0.335 e. The maximum absolute atomic E-state index is 12.1. The summed E-state index contributed by atoms with van der Waals surface area (Å²) in [5.74, 6) is -1.49. The molecule has 1 amide bonds. The predicted octanol–water partition coefficient (Wildman–Crippen LogP) is 3.23. The Morgan fingerprint density at radius 1 is 1.21 bits per heavy atom. The Balaban J connectivity index is 1.97. The van der Waals surface area contributed by atoms with E-state index in [1.807, 2.05) is 6.92 Å². The van der Waals surface area contributed by atoms with Crippen molar-refractivity contribution in [2.24, 2.45) is 0 Å². The maximum atomic E-state index is 12.1. The van der Waals surface area contributed by atoms with Gasteiger partial charge in [0.05, 0.1) is 5.56 Å². The molecular formula is C17H16ClNO4S. The number of carbonyl (C=O) groups is 2. The summed E-state index contributed by atoms with van der Waals surface area (Å²) in [7, 11) is -1.45. The van der Waals surface area contributed by atoms with E-state index < -0.39 is 16.8 Å². The standard InChI is InChI=1S/C17H16ClNO4S/c1-11-5-6-14(18)8-15(11)19-16(20)10-24(23)9-12-3-2-4-13(7-12)17(21)22/h2-8H,9-10H2,1H3,(H,19,20)(H,21,22). The Bertz CT molecular complexity index is 807. The number of carboxylic acids is 1. The van der Waals surface area contributed by atoms with Crippen LogP contribution in [-0.2, 0) is 21.3 Å². The Morgan fingerprint density at radius 2 is 1.96 bits per heavy atom. The minimum Gasteiger partial charge on any atom is -0.478 e. The number of aromatic carboxylic acids is 1. The van der Waals surface area contributed by atoms with Crippen LogP contribution in [0, 0.1) is 6.92 Å². The lowest BCUT2D eigenvalue weighted by molar-refractivity contribution is -0.113. The summed E-state index contributed by atoms with van der Waals surface area (Å²) >= 11 is 5.89. The van der Waals surface area contributed by atoms with Crippen LogP contribution in [0.2, 0.25) is 5.02 Å². The van der Waals surface area contributed by atoms with Gasteiger partial charge in [0.25, 0.3) is 0 Å². The van der Waals surface area contributed by atoms with Crippen LogP contribution in [0.4, 0.5) is 5.69 Å². The maximum Gasteiger partial charge on any atom is 0.335 e. The van der Waals surface area contributed by atoms with Crippen LogP contribution >= 0.6 is 11.6 Å². The molecule has 2 rings (SSSR count). The zero-order chi connectivity index (χ0) is 17.7. The molecule has 0 aliphatic heterocycles. The van der Waals surface area contributed by atoms with Crippen LogP contribution < -0.4 is 5.32 Å². The van der Waals surface area contributed by atoms with E-state index in [4.69, 9.17) is 16.7 Å². The number of benzene rings is 2. The quantitative estimate of drug-likeness (QED) is 0.823. The van der Waals surface area contributed by atoms with E-state index in [9.17, 15) is 13.8 Å². The van der Waals surface area contributed by atoms with Gasteiger partial charge in [0, 0.05) is 27.3 Å². The van der Waals surface area contributed by atoms with Gasteiger partial charge < -0.3 is 10.4 Å². The van der Waals surface area contributed by atoms with Crippen LogP contribution in [0.5, 0.6) is 0 Å². The number of halogens is 1. The lowest BCUT2D eigenvalue weighted by Gasteiger charge is -2.09. The molecule has 126 valence electrons. The van der Waals surface area contributed by atoms with E-state index in [1.165, 1.54) is 12.1 Å². The molecule has 0 saturated heterocycles. The molecule has 0 radical (unpaired) electrons. The van der Waals surface area contributed by atoms with Crippen molar-refractivity contribution in [3.05, 3.63) is 64.2 Å². The largest absolute Gasteiger partial charge is 0.478 e. The van der Waals surface area contributed by atoms with Crippen LogP contribution in [0.25, 0.3) is 0 Å². The number of carbonyl (C=O) groups excluding carboxylic acids is 1. The summed E-state index contributed by atoms with van der Waals surface area (Å²) in [5.41, 5.74) is 2.17. The molecule has 5 nitrogen and oxygen atoms in total. The van der Waals surface area contributed by atoms with Crippen molar-refractivity contribution >= 4 is 40.0 Å². The normalized spacial score (nSPS) is 11.8. The molecule has 2 N–H and O–H groups in total. The van der Waals surface area contributed by atoms with Crippen LogP contribution in [-0.4, -0.2) is 26.9 Å². The molecule has 0 aromatic heterocycles. The fourth-order valence-electron chi connectivity index (χ4n) is 2.09. The average Bonchev–Trinajstić information content (AvgIpc) is 2.51. The molecule has 0 fully saturated rings. The fourth-order valence-corrected chi connectivity index (χ4v) is 3.28. The molecule has 0 aliphatic rings. The van der Waals surface area contributed by atoms with Gasteiger partial charge in [-0.15, -0.1) is 0 Å². The highest BCUT2D eigenvalue weighted by atomic mass is 35.5. The number of rotatable bonds is 6. The number of anilines is 1. The third-order valence-electron chi connectivity index (χ3n) is 3.27. The number of amides is 1. The molecule has 0 spiro atoms. The molecule has 0 aliphatic carbocycles. The van der Waals surface area contributed by atoms with Gasteiger partial charge >= 0.3 is 5.97 Å². The highest BCUT2D eigenvalue weighted by molar-refractivity contribution is 7.84. The van der Waals surface area contributed by atoms with Gasteiger partial charge in [-0.25, -0.2) is 4.79 Å². The van der Waals surface area contributed by atoms with Gasteiger partial charge in [-0.3, -0.25) is 9.00 Å². The Hall–Kier alpha value is -2.18. The number of hydrogen-bond acceptors (Lipinski definition) is 3. The fraction of sp³-hybridized carbons (Fsp3) is 0.176. The summed E-state index contributed by atoms with van der Waals surface area (Å²) in [4.78, 5) is 22.9. The summed E-state index contributed by atoms with van der Waals surface area (Å²) in [6.45, 7) is 1.83. The number of carboxylic acid groups (broad SMARTS) is 1. The molecule has 2 aromatic carbocycles. The molecule has 24 heavy (non-hydrogen) atoms. The van der Waals surface area contributed by atoms with Gasteiger partial charge in [0.1, 0.15) is 5.75 Å². The van der Waals surface area contributed by atoms with Gasteiger partial charge in [-0.1, -0.05) is 29.8 Å². The first-order valence-corrected chi connectivity index (χ1v) is 8.95. The Kier molecular flexibility index (Phi) is 6.11. The average molecular weight is 366 g/mol. The van der Waals surface area contributed by atoms with E-state index in [2.05, 4.69) is 5.32 Å². The second-order valence-electron chi connectivity index (χ2n) is 5.24. The second-order valence-corrected chi connectivity index (χ2v) is 7.13. The van der Waals surface area contributed by atoms with Crippen LogP contribution in [0.3, 0.4) is 0 Å². The van der Waals surface area contributed by atoms with Crippen molar-refractivity contribution in [2.45, 2.75) is 12.7 Å². The summed E-state index contributed by atoms with van der Waals surface area (Å²) in [6.07, 6.45) is 0. The third-order valence-corrected chi connectivity index (χ3v) is 4.74. The van der Waals surface area contributed by atoms with Gasteiger partial charge in [-0.05, 0) is 42.3 Å². The zero-order valence-corrected chi connectivity index (χ0v) is 14.5. The van der Waals surface area contributed by atoms with Crippen molar-refractivity contribution in [1.29, 1.82) is 0 Å². The van der Waals surface area contributed by atoms with Crippen molar-refractivity contribution in [3.63, 3.8) is 0 Å². The molecule has 1 atom stereocenters. The summed E-state index contributed by atoms with van der Waals surface area (Å²) in [5, 5.41) is 12.1. The molecule has 0 saturated carbocycles. The molecule has 1 unspecified atom stereocenters. The second kappa shape index (κ2) is 8.08.